The molecule has 1 saturated carbocycles. The van der Waals surface area contributed by atoms with Crippen LogP contribution in [0.25, 0.3) is 0 Å². The SMILES string of the molecule is CCCN(CC1CC1)C(=O)NCC(CC(=O)O)OC. The first-order valence-electron chi connectivity index (χ1n) is 6.84. The van der Waals surface area contributed by atoms with Crippen LogP contribution in [0, 0.1) is 5.92 Å². The van der Waals surface area contributed by atoms with Gasteiger partial charge in [0.15, 0.2) is 0 Å². The van der Waals surface area contributed by atoms with E-state index >= 15 is 0 Å². The predicted molar refractivity (Wildman–Crippen MR) is 71.0 cm³/mol. The first-order chi connectivity index (χ1) is 9.06. The second kappa shape index (κ2) is 7.99. The number of hydrogen-bond donors (Lipinski definition) is 2. The molecule has 0 aromatic heterocycles. The van der Waals surface area contributed by atoms with Crippen LogP contribution in [0.4, 0.5) is 4.79 Å². The number of carboxylic acids is 1. The lowest BCUT2D eigenvalue weighted by atomic mass is 10.2. The summed E-state index contributed by atoms with van der Waals surface area (Å²) in [6, 6.07) is -0.124. The maximum absolute atomic E-state index is 12.0. The molecule has 1 aliphatic carbocycles. The highest BCUT2D eigenvalue weighted by Gasteiger charge is 2.26. The van der Waals surface area contributed by atoms with E-state index in [9.17, 15) is 9.59 Å². The number of hydrogen-bond acceptors (Lipinski definition) is 3. The fraction of sp³-hybridized carbons (Fsp3) is 0.846. The smallest absolute Gasteiger partial charge is 0.317 e. The van der Waals surface area contributed by atoms with Crippen molar-refractivity contribution in [3.8, 4) is 0 Å². The Labute approximate surface area is 114 Å². The highest BCUT2D eigenvalue weighted by Crippen LogP contribution is 2.29. The van der Waals surface area contributed by atoms with Crippen LogP contribution in [0.5, 0.6) is 0 Å². The summed E-state index contributed by atoms with van der Waals surface area (Å²) in [5.41, 5.74) is 0. The van der Waals surface area contributed by atoms with Gasteiger partial charge in [-0.3, -0.25) is 4.79 Å². The molecule has 0 aliphatic heterocycles. The number of aliphatic carboxylic acids is 1. The van der Waals surface area contributed by atoms with E-state index in [4.69, 9.17) is 9.84 Å². The summed E-state index contributed by atoms with van der Waals surface area (Å²) in [5.74, 6) is -0.279. The van der Waals surface area contributed by atoms with E-state index in [0.29, 0.717) is 5.92 Å². The number of rotatable bonds is 9. The van der Waals surface area contributed by atoms with Crippen LogP contribution >= 0.6 is 0 Å². The third-order valence-electron chi connectivity index (χ3n) is 3.17. The average molecular weight is 272 g/mol. The molecule has 1 rings (SSSR count). The van der Waals surface area contributed by atoms with Crippen molar-refractivity contribution in [1.82, 2.24) is 10.2 Å². The second-order valence-corrected chi connectivity index (χ2v) is 5.03. The Kier molecular flexibility index (Phi) is 6.62. The first-order valence-corrected chi connectivity index (χ1v) is 6.84. The van der Waals surface area contributed by atoms with Crippen molar-refractivity contribution in [2.75, 3.05) is 26.7 Å². The first kappa shape index (κ1) is 15.8. The van der Waals surface area contributed by atoms with Crippen LogP contribution in [0.2, 0.25) is 0 Å². The molecule has 2 amide bonds. The molecule has 0 saturated heterocycles. The van der Waals surface area contributed by atoms with Gasteiger partial charge in [0.2, 0.25) is 0 Å². The molecule has 19 heavy (non-hydrogen) atoms. The number of amides is 2. The Bertz CT molecular complexity index is 305. The van der Waals surface area contributed by atoms with E-state index in [1.54, 1.807) is 0 Å². The minimum Gasteiger partial charge on any atom is -0.481 e. The van der Waals surface area contributed by atoms with Crippen molar-refractivity contribution in [3.63, 3.8) is 0 Å². The van der Waals surface area contributed by atoms with Gasteiger partial charge in [-0.05, 0) is 25.2 Å². The van der Waals surface area contributed by atoms with Crippen molar-refractivity contribution in [3.05, 3.63) is 0 Å². The molecule has 0 spiro atoms. The number of methoxy groups -OCH3 is 1. The fourth-order valence-corrected chi connectivity index (χ4v) is 1.90. The molecule has 0 radical (unpaired) electrons. The summed E-state index contributed by atoms with van der Waals surface area (Å²) in [6.07, 6.45) is 2.74. The summed E-state index contributed by atoms with van der Waals surface area (Å²) in [5, 5.41) is 11.5. The zero-order chi connectivity index (χ0) is 14.3. The van der Waals surface area contributed by atoms with Gasteiger partial charge in [0.05, 0.1) is 12.5 Å². The van der Waals surface area contributed by atoms with E-state index in [2.05, 4.69) is 5.32 Å². The molecule has 0 heterocycles. The molecule has 6 heteroatoms. The van der Waals surface area contributed by atoms with Crippen LogP contribution in [-0.2, 0) is 9.53 Å². The van der Waals surface area contributed by atoms with E-state index in [1.165, 1.54) is 20.0 Å². The largest absolute Gasteiger partial charge is 0.481 e. The Morgan fingerprint density at radius 3 is 2.63 bits per heavy atom. The third kappa shape index (κ3) is 6.42. The summed E-state index contributed by atoms with van der Waals surface area (Å²) in [4.78, 5) is 24.4. The molecule has 0 aromatic rings. The van der Waals surface area contributed by atoms with E-state index in [-0.39, 0.29) is 19.0 Å². The monoisotopic (exact) mass is 272 g/mol. The highest BCUT2D eigenvalue weighted by atomic mass is 16.5. The van der Waals surface area contributed by atoms with Crippen LogP contribution in [0.3, 0.4) is 0 Å². The summed E-state index contributed by atoms with van der Waals surface area (Å²) in [7, 11) is 1.45. The Balaban J connectivity index is 2.34. The summed E-state index contributed by atoms with van der Waals surface area (Å²) >= 11 is 0. The molecule has 6 nitrogen and oxygen atoms in total. The molecule has 1 fully saturated rings. The number of nitrogens with zero attached hydrogens (tertiary/aromatic N) is 1. The molecule has 0 bridgehead atoms. The Morgan fingerprint density at radius 1 is 1.47 bits per heavy atom. The van der Waals surface area contributed by atoms with Gasteiger partial charge in [-0.2, -0.15) is 0 Å². The van der Waals surface area contributed by atoms with Crippen LogP contribution in [-0.4, -0.2) is 54.9 Å². The topological polar surface area (TPSA) is 78.9 Å². The predicted octanol–water partition coefficient (Wildman–Crippen LogP) is 1.31. The van der Waals surface area contributed by atoms with Crippen LogP contribution in [0.15, 0.2) is 0 Å². The van der Waals surface area contributed by atoms with Crippen LogP contribution in [0.1, 0.15) is 32.6 Å². The van der Waals surface area contributed by atoms with Gasteiger partial charge in [-0.25, -0.2) is 4.79 Å². The number of carbonyl (C=O) groups is 2. The Morgan fingerprint density at radius 2 is 2.16 bits per heavy atom. The Hall–Kier alpha value is -1.30. The molecule has 2 N–H and O–H groups in total. The number of carbonyl (C=O) groups excluding carboxylic acids is 1. The number of urea groups is 1. The molecular weight excluding hydrogens is 248 g/mol. The van der Waals surface area contributed by atoms with Crippen molar-refractivity contribution in [1.29, 1.82) is 0 Å². The maximum Gasteiger partial charge on any atom is 0.317 e. The summed E-state index contributed by atoms with van der Waals surface area (Å²) in [6.45, 7) is 3.80. The number of ether oxygens (including phenoxy) is 1. The second-order valence-electron chi connectivity index (χ2n) is 5.03. The zero-order valence-corrected chi connectivity index (χ0v) is 11.7. The van der Waals surface area contributed by atoms with E-state index in [0.717, 1.165) is 19.5 Å². The fourth-order valence-electron chi connectivity index (χ4n) is 1.90. The lowest BCUT2D eigenvalue weighted by Crippen LogP contribution is -2.44. The molecule has 1 aliphatic rings. The average Bonchev–Trinajstić information content (AvgIpc) is 3.17. The molecule has 110 valence electrons. The zero-order valence-electron chi connectivity index (χ0n) is 11.7. The number of carboxylic acid groups (broad SMARTS) is 1. The van der Waals surface area contributed by atoms with Gasteiger partial charge in [0.25, 0.3) is 0 Å². The van der Waals surface area contributed by atoms with Gasteiger partial charge in [-0.15, -0.1) is 0 Å². The van der Waals surface area contributed by atoms with Crippen molar-refractivity contribution in [2.24, 2.45) is 5.92 Å². The van der Waals surface area contributed by atoms with Gasteiger partial charge in [0, 0.05) is 26.7 Å². The van der Waals surface area contributed by atoms with Crippen molar-refractivity contribution >= 4 is 12.0 Å². The molecule has 1 atom stereocenters. The number of nitrogens with one attached hydrogen (secondary N) is 1. The molecule has 0 aromatic carbocycles. The minimum atomic E-state index is -0.926. The normalized spacial score (nSPS) is 15.9. The van der Waals surface area contributed by atoms with Gasteiger partial charge in [0.1, 0.15) is 0 Å². The maximum atomic E-state index is 12.0. The third-order valence-corrected chi connectivity index (χ3v) is 3.17. The molecule has 1 unspecified atom stereocenters. The van der Waals surface area contributed by atoms with Gasteiger partial charge < -0.3 is 20.1 Å². The van der Waals surface area contributed by atoms with Crippen molar-refractivity contribution in [2.45, 2.75) is 38.7 Å². The van der Waals surface area contributed by atoms with E-state index < -0.39 is 12.1 Å². The lowest BCUT2D eigenvalue weighted by Gasteiger charge is -2.23. The standard InChI is InChI=1S/C13H24N2O4/c1-3-6-15(9-10-4-5-10)13(18)14-8-11(19-2)7-12(16)17/h10-11H,3-9H2,1-2H3,(H,14,18)(H,16,17). The van der Waals surface area contributed by atoms with Gasteiger partial charge >= 0.3 is 12.0 Å². The van der Waals surface area contributed by atoms with Crippen molar-refractivity contribution < 1.29 is 19.4 Å². The van der Waals surface area contributed by atoms with Gasteiger partial charge in [-0.1, -0.05) is 6.92 Å². The highest BCUT2D eigenvalue weighted by molar-refractivity contribution is 5.74. The lowest BCUT2D eigenvalue weighted by molar-refractivity contribution is -0.139. The minimum absolute atomic E-state index is 0.104. The quantitative estimate of drug-likeness (QED) is 0.663. The summed E-state index contributed by atoms with van der Waals surface area (Å²) < 4.78 is 5.03. The molecular formula is C13H24N2O4. The van der Waals surface area contributed by atoms with E-state index in [1.807, 2.05) is 11.8 Å². The van der Waals surface area contributed by atoms with Crippen LogP contribution < -0.4 is 5.32 Å².